The van der Waals surface area contributed by atoms with Gasteiger partial charge in [0.25, 0.3) is 0 Å². The highest BCUT2D eigenvalue weighted by Gasteiger charge is 2.48. The van der Waals surface area contributed by atoms with Crippen molar-refractivity contribution in [3.8, 4) is 5.75 Å². The van der Waals surface area contributed by atoms with Crippen LogP contribution >= 0.6 is 12.2 Å². The summed E-state index contributed by atoms with van der Waals surface area (Å²) in [5.74, 6) is 1.28. The molecule has 0 fully saturated rings. The Balaban J connectivity index is 2.28. The first-order valence-electron chi connectivity index (χ1n) is 7.11. The molecule has 0 bridgehead atoms. The summed E-state index contributed by atoms with van der Waals surface area (Å²) in [6.07, 6.45) is 0. The summed E-state index contributed by atoms with van der Waals surface area (Å²) in [6.45, 7) is 11.2. The molecule has 1 aromatic rings. The summed E-state index contributed by atoms with van der Waals surface area (Å²) < 4.78 is 6.31. The first-order chi connectivity index (χ1) is 9.22. The van der Waals surface area contributed by atoms with Gasteiger partial charge in [-0.15, -0.1) is 0 Å². The van der Waals surface area contributed by atoms with Crippen molar-refractivity contribution in [1.82, 2.24) is 0 Å². The van der Waals surface area contributed by atoms with Crippen LogP contribution in [-0.2, 0) is 5.41 Å². The van der Waals surface area contributed by atoms with Crippen LogP contribution in [0.2, 0.25) is 0 Å². The zero-order valence-corrected chi connectivity index (χ0v) is 13.6. The number of nitrogens with one attached hydrogen (secondary N) is 1. The summed E-state index contributed by atoms with van der Waals surface area (Å²) in [5.41, 5.74) is 10.2. The summed E-state index contributed by atoms with van der Waals surface area (Å²) >= 11 is 5.51. The van der Waals surface area contributed by atoms with Gasteiger partial charge in [0.2, 0.25) is 0 Å². The SMILES string of the molecule is Cc1cc2c(c3c1NC(=S)C3(C)C)OC(C)(CN)C2C. The van der Waals surface area contributed by atoms with Crippen LogP contribution in [0, 0.1) is 6.92 Å². The maximum Gasteiger partial charge on any atom is 0.130 e. The fraction of sp³-hybridized carbons (Fsp3) is 0.562. The van der Waals surface area contributed by atoms with Gasteiger partial charge in [-0.25, -0.2) is 0 Å². The molecule has 0 spiro atoms. The van der Waals surface area contributed by atoms with E-state index >= 15 is 0 Å². The fourth-order valence-corrected chi connectivity index (χ4v) is 3.47. The number of benzene rings is 1. The van der Waals surface area contributed by atoms with Crippen molar-refractivity contribution in [2.45, 2.75) is 51.6 Å². The number of hydrogen-bond donors (Lipinski definition) is 2. The van der Waals surface area contributed by atoms with Gasteiger partial charge in [-0.2, -0.15) is 0 Å². The van der Waals surface area contributed by atoms with Gasteiger partial charge < -0.3 is 15.8 Å². The molecule has 108 valence electrons. The fourth-order valence-electron chi connectivity index (χ4n) is 3.27. The second-order valence-electron chi connectivity index (χ2n) is 6.78. The van der Waals surface area contributed by atoms with E-state index in [1.54, 1.807) is 0 Å². The standard InChI is InChI=1S/C16H22N2OS/c1-8-6-10-9(2)16(5,7-17)19-13(10)11-12(8)18-14(20)15(11,3)4/h6,9H,7,17H2,1-5H3,(H,18,20). The highest BCUT2D eigenvalue weighted by Crippen LogP contribution is 2.54. The van der Waals surface area contributed by atoms with Crippen LogP contribution in [0.1, 0.15) is 50.3 Å². The first kappa shape index (κ1) is 13.8. The Hall–Kier alpha value is -1.13. The van der Waals surface area contributed by atoms with E-state index in [1.807, 2.05) is 0 Å². The van der Waals surface area contributed by atoms with E-state index in [4.69, 9.17) is 22.7 Å². The molecule has 0 saturated heterocycles. The topological polar surface area (TPSA) is 47.3 Å². The van der Waals surface area contributed by atoms with Gasteiger partial charge in [0.05, 0.1) is 4.99 Å². The monoisotopic (exact) mass is 290 g/mol. The largest absolute Gasteiger partial charge is 0.485 e. The van der Waals surface area contributed by atoms with Crippen LogP contribution < -0.4 is 15.8 Å². The molecule has 1 aromatic carbocycles. The van der Waals surface area contributed by atoms with Crippen molar-refractivity contribution in [3.05, 3.63) is 22.8 Å². The van der Waals surface area contributed by atoms with Gasteiger partial charge in [-0.05, 0) is 39.3 Å². The van der Waals surface area contributed by atoms with Crippen LogP contribution in [0.15, 0.2) is 6.07 Å². The predicted octanol–water partition coefficient (Wildman–Crippen LogP) is 3.24. The molecule has 2 aliphatic heterocycles. The molecule has 3 nitrogen and oxygen atoms in total. The van der Waals surface area contributed by atoms with Crippen molar-refractivity contribution < 1.29 is 4.74 Å². The number of aryl methyl sites for hydroxylation is 1. The van der Waals surface area contributed by atoms with Crippen LogP contribution in [0.25, 0.3) is 0 Å². The highest BCUT2D eigenvalue weighted by molar-refractivity contribution is 7.80. The van der Waals surface area contributed by atoms with Gasteiger partial charge in [-0.3, -0.25) is 0 Å². The van der Waals surface area contributed by atoms with Crippen LogP contribution in [0.4, 0.5) is 5.69 Å². The van der Waals surface area contributed by atoms with Crippen LogP contribution in [-0.4, -0.2) is 17.1 Å². The summed E-state index contributed by atoms with van der Waals surface area (Å²) in [6, 6.07) is 2.22. The van der Waals surface area contributed by atoms with Crippen molar-refractivity contribution >= 4 is 22.9 Å². The smallest absolute Gasteiger partial charge is 0.130 e. The number of thiocarbonyl (C=S) groups is 1. The molecule has 2 heterocycles. The lowest BCUT2D eigenvalue weighted by Gasteiger charge is -2.27. The molecule has 2 unspecified atom stereocenters. The third kappa shape index (κ3) is 1.52. The number of fused-ring (bicyclic) bond motifs is 3. The molecule has 0 saturated carbocycles. The van der Waals surface area contributed by atoms with E-state index in [9.17, 15) is 0 Å². The predicted molar refractivity (Wildman–Crippen MR) is 86.9 cm³/mol. The van der Waals surface area contributed by atoms with E-state index < -0.39 is 0 Å². The number of anilines is 1. The lowest BCUT2D eigenvalue weighted by molar-refractivity contribution is 0.102. The highest BCUT2D eigenvalue weighted by atomic mass is 32.1. The van der Waals surface area contributed by atoms with Gasteiger partial charge in [0.1, 0.15) is 11.4 Å². The minimum atomic E-state index is -0.329. The minimum absolute atomic E-state index is 0.194. The molecule has 3 N–H and O–H groups in total. The van der Waals surface area contributed by atoms with Crippen molar-refractivity contribution in [1.29, 1.82) is 0 Å². The minimum Gasteiger partial charge on any atom is -0.485 e. The number of ether oxygens (including phenoxy) is 1. The van der Waals surface area contributed by atoms with Gasteiger partial charge in [-0.1, -0.05) is 19.1 Å². The third-order valence-corrected chi connectivity index (χ3v) is 5.67. The molecule has 2 atom stereocenters. The molecule has 0 aromatic heterocycles. The van der Waals surface area contributed by atoms with Crippen LogP contribution in [0.5, 0.6) is 5.75 Å². The zero-order valence-electron chi connectivity index (χ0n) is 12.8. The Labute approximate surface area is 125 Å². The Morgan fingerprint density at radius 1 is 1.40 bits per heavy atom. The van der Waals surface area contributed by atoms with E-state index in [-0.39, 0.29) is 16.9 Å². The lowest BCUT2D eigenvalue weighted by Crippen LogP contribution is -2.41. The van der Waals surface area contributed by atoms with E-state index in [1.165, 1.54) is 16.7 Å². The number of nitrogens with two attached hydrogens (primary N) is 1. The quantitative estimate of drug-likeness (QED) is 0.780. The Morgan fingerprint density at radius 2 is 2.05 bits per heavy atom. The first-order valence-corrected chi connectivity index (χ1v) is 7.51. The van der Waals surface area contributed by atoms with Gasteiger partial charge in [0.15, 0.2) is 0 Å². The van der Waals surface area contributed by atoms with Crippen molar-refractivity contribution in [3.63, 3.8) is 0 Å². The summed E-state index contributed by atoms with van der Waals surface area (Å²) in [7, 11) is 0. The second kappa shape index (κ2) is 3.95. The van der Waals surface area contributed by atoms with Crippen LogP contribution in [0.3, 0.4) is 0 Å². The Morgan fingerprint density at radius 3 is 2.65 bits per heavy atom. The summed E-state index contributed by atoms with van der Waals surface area (Å²) in [4.78, 5) is 0.863. The molecule has 3 rings (SSSR count). The van der Waals surface area contributed by atoms with Gasteiger partial charge in [0, 0.05) is 34.7 Å². The molecule has 4 heteroatoms. The Kier molecular flexibility index (Phi) is 2.73. The summed E-state index contributed by atoms with van der Waals surface area (Å²) in [5, 5.41) is 3.37. The van der Waals surface area contributed by atoms with Crippen molar-refractivity contribution in [2.24, 2.45) is 5.73 Å². The normalized spacial score (nSPS) is 29.7. The molecule has 20 heavy (non-hydrogen) atoms. The van der Waals surface area contributed by atoms with E-state index in [0.717, 1.165) is 16.4 Å². The molecule has 0 amide bonds. The molecule has 0 aliphatic carbocycles. The maximum absolute atomic E-state index is 6.31. The van der Waals surface area contributed by atoms with E-state index in [0.29, 0.717) is 6.54 Å². The molecular weight excluding hydrogens is 268 g/mol. The zero-order chi connectivity index (χ0) is 14.9. The molecular formula is C16H22N2OS. The maximum atomic E-state index is 6.31. The third-order valence-electron chi connectivity index (χ3n) is 5.06. The van der Waals surface area contributed by atoms with E-state index in [2.05, 4.69) is 46.0 Å². The average Bonchev–Trinajstić information content (AvgIpc) is 2.77. The molecule has 2 aliphatic rings. The van der Waals surface area contributed by atoms with Gasteiger partial charge >= 0.3 is 0 Å². The molecule has 0 radical (unpaired) electrons. The van der Waals surface area contributed by atoms with Crippen molar-refractivity contribution in [2.75, 3.05) is 11.9 Å². The second-order valence-corrected chi connectivity index (χ2v) is 7.19. The number of rotatable bonds is 1. The Bertz CT molecular complexity index is 623. The number of hydrogen-bond acceptors (Lipinski definition) is 3. The average molecular weight is 290 g/mol. The lowest BCUT2D eigenvalue weighted by atomic mass is 9.81.